The molecule has 1 unspecified atom stereocenters. The summed E-state index contributed by atoms with van der Waals surface area (Å²) in [5, 5.41) is 3.02. The lowest BCUT2D eigenvalue weighted by molar-refractivity contribution is 0.0935. The van der Waals surface area contributed by atoms with Gasteiger partial charge in [0.15, 0.2) is 0 Å². The number of likely N-dealkylation sites (N-methyl/N-ethyl adjacent to an activating group) is 1. The summed E-state index contributed by atoms with van der Waals surface area (Å²) in [6.07, 6.45) is 0.925. The van der Waals surface area contributed by atoms with Crippen molar-refractivity contribution in [3.63, 3.8) is 0 Å². The highest BCUT2D eigenvalue weighted by Gasteiger charge is 2.22. The van der Waals surface area contributed by atoms with Crippen molar-refractivity contribution < 1.29 is 19.0 Å². The van der Waals surface area contributed by atoms with Crippen LogP contribution in [0.1, 0.15) is 27.5 Å². The highest BCUT2D eigenvalue weighted by Crippen LogP contribution is 2.30. The van der Waals surface area contributed by atoms with Crippen molar-refractivity contribution in [3.05, 3.63) is 53.1 Å². The van der Waals surface area contributed by atoms with Gasteiger partial charge in [-0.15, -0.1) is 0 Å². The summed E-state index contributed by atoms with van der Waals surface area (Å²) in [5.41, 5.74) is 2.77. The Bertz CT molecular complexity index is 798. The van der Waals surface area contributed by atoms with E-state index >= 15 is 0 Å². The van der Waals surface area contributed by atoms with Gasteiger partial charge in [0.2, 0.25) is 0 Å². The average molecular weight is 370 g/mol. The number of hydrogen-bond acceptors (Lipinski definition) is 5. The lowest BCUT2D eigenvalue weighted by atomic mass is 10.0. The van der Waals surface area contributed by atoms with Gasteiger partial charge < -0.3 is 24.4 Å². The number of fused-ring (bicyclic) bond motifs is 1. The van der Waals surface area contributed by atoms with Crippen LogP contribution < -0.4 is 19.5 Å². The van der Waals surface area contributed by atoms with Crippen LogP contribution in [0.25, 0.3) is 0 Å². The van der Waals surface area contributed by atoms with E-state index in [0.29, 0.717) is 23.6 Å². The summed E-state index contributed by atoms with van der Waals surface area (Å²) in [6.45, 7) is 1.20. The third-order valence-corrected chi connectivity index (χ3v) is 4.83. The quantitative estimate of drug-likeness (QED) is 0.812. The molecule has 2 aromatic rings. The Hall–Kier alpha value is -2.73. The smallest absolute Gasteiger partial charge is 0.258 e. The van der Waals surface area contributed by atoms with Crippen LogP contribution >= 0.6 is 0 Å². The van der Waals surface area contributed by atoms with Crippen LogP contribution in [0.4, 0.5) is 0 Å². The van der Waals surface area contributed by atoms with E-state index < -0.39 is 0 Å². The van der Waals surface area contributed by atoms with Gasteiger partial charge in [-0.05, 0) is 43.4 Å². The monoisotopic (exact) mass is 370 g/mol. The summed E-state index contributed by atoms with van der Waals surface area (Å²) < 4.78 is 16.3. The standard InChI is InChI=1S/C21H26N2O4/c1-23(2)16(14-8-9-17-15(12-14)10-11-27-17)13-22-21(24)20-18(25-3)6-5-7-19(20)26-4/h5-9,12,16H,10-11,13H2,1-4H3,(H,22,24). The van der Waals surface area contributed by atoms with E-state index in [1.165, 1.54) is 5.56 Å². The Morgan fingerprint density at radius 3 is 2.52 bits per heavy atom. The van der Waals surface area contributed by atoms with Gasteiger partial charge in [0.05, 0.1) is 26.9 Å². The van der Waals surface area contributed by atoms with Gasteiger partial charge in [-0.3, -0.25) is 4.79 Å². The molecule has 1 heterocycles. The Balaban J connectivity index is 1.78. The molecule has 0 saturated carbocycles. The molecule has 1 atom stereocenters. The molecule has 1 N–H and O–H groups in total. The Labute approximate surface area is 160 Å². The number of rotatable bonds is 7. The molecular weight excluding hydrogens is 344 g/mol. The topological polar surface area (TPSA) is 60.0 Å². The van der Waals surface area contributed by atoms with Crippen molar-refractivity contribution in [2.24, 2.45) is 0 Å². The van der Waals surface area contributed by atoms with Crippen molar-refractivity contribution in [1.29, 1.82) is 0 Å². The predicted molar refractivity (Wildman–Crippen MR) is 104 cm³/mol. The minimum Gasteiger partial charge on any atom is -0.496 e. The van der Waals surface area contributed by atoms with Crippen LogP contribution in [-0.4, -0.2) is 52.3 Å². The maximum atomic E-state index is 12.8. The van der Waals surface area contributed by atoms with Crippen LogP contribution in [0.3, 0.4) is 0 Å². The van der Waals surface area contributed by atoms with Gasteiger partial charge in [0.1, 0.15) is 22.8 Å². The number of carbonyl (C=O) groups excluding carboxylic acids is 1. The van der Waals surface area contributed by atoms with E-state index in [0.717, 1.165) is 24.3 Å². The van der Waals surface area contributed by atoms with Gasteiger partial charge in [0, 0.05) is 13.0 Å². The molecular formula is C21H26N2O4. The van der Waals surface area contributed by atoms with Gasteiger partial charge in [-0.1, -0.05) is 18.2 Å². The molecule has 0 radical (unpaired) electrons. The number of hydrogen-bond donors (Lipinski definition) is 1. The van der Waals surface area contributed by atoms with Gasteiger partial charge >= 0.3 is 0 Å². The Morgan fingerprint density at radius 2 is 1.89 bits per heavy atom. The van der Waals surface area contributed by atoms with E-state index in [1.54, 1.807) is 32.4 Å². The third kappa shape index (κ3) is 4.01. The van der Waals surface area contributed by atoms with E-state index in [9.17, 15) is 4.79 Å². The fraction of sp³-hybridized carbons (Fsp3) is 0.381. The van der Waals surface area contributed by atoms with Gasteiger partial charge in [-0.25, -0.2) is 0 Å². The molecule has 0 aromatic heterocycles. The number of carbonyl (C=O) groups is 1. The largest absolute Gasteiger partial charge is 0.496 e. The van der Waals surface area contributed by atoms with E-state index in [-0.39, 0.29) is 11.9 Å². The SMILES string of the molecule is COc1cccc(OC)c1C(=O)NCC(c1ccc2c(c1)CCO2)N(C)C. The molecule has 0 aliphatic carbocycles. The summed E-state index contributed by atoms with van der Waals surface area (Å²) in [6, 6.07) is 11.6. The van der Waals surface area contributed by atoms with E-state index in [1.807, 2.05) is 20.2 Å². The molecule has 27 heavy (non-hydrogen) atoms. The second-order valence-corrected chi connectivity index (χ2v) is 6.69. The summed E-state index contributed by atoms with van der Waals surface area (Å²) in [7, 11) is 7.09. The molecule has 3 rings (SSSR count). The minimum absolute atomic E-state index is 0.0422. The maximum Gasteiger partial charge on any atom is 0.258 e. The normalized spacial score (nSPS) is 13.7. The highest BCUT2D eigenvalue weighted by molar-refractivity contribution is 5.99. The van der Waals surface area contributed by atoms with Gasteiger partial charge in [-0.2, -0.15) is 0 Å². The van der Waals surface area contributed by atoms with E-state index in [2.05, 4.69) is 22.3 Å². The maximum absolute atomic E-state index is 12.8. The second kappa shape index (κ2) is 8.31. The zero-order valence-corrected chi connectivity index (χ0v) is 16.2. The molecule has 0 fully saturated rings. The molecule has 1 aliphatic heterocycles. The zero-order chi connectivity index (χ0) is 19.4. The molecule has 0 bridgehead atoms. The van der Waals surface area contributed by atoms with Crippen molar-refractivity contribution in [2.75, 3.05) is 41.5 Å². The number of ether oxygens (including phenoxy) is 3. The van der Waals surface area contributed by atoms with Crippen molar-refractivity contribution in [3.8, 4) is 17.2 Å². The first kappa shape index (κ1) is 19.0. The highest BCUT2D eigenvalue weighted by atomic mass is 16.5. The van der Waals surface area contributed by atoms with Gasteiger partial charge in [0.25, 0.3) is 5.91 Å². The average Bonchev–Trinajstić information content (AvgIpc) is 3.14. The molecule has 6 heteroatoms. The van der Waals surface area contributed by atoms with Crippen molar-refractivity contribution in [1.82, 2.24) is 10.2 Å². The first-order valence-electron chi connectivity index (χ1n) is 8.96. The second-order valence-electron chi connectivity index (χ2n) is 6.69. The first-order valence-corrected chi connectivity index (χ1v) is 8.96. The fourth-order valence-electron chi connectivity index (χ4n) is 3.37. The lowest BCUT2D eigenvalue weighted by Gasteiger charge is -2.26. The molecule has 1 amide bonds. The zero-order valence-electron chi connectivity index (χ0n) is 16.2. The Morgan fingerprint density at radius 1 is 1.19 bits per heavy atom. The fourth-order valence-corrected chi connectivity index (χ4v) is 3.37. The first-order chi connectivity index (χ1) is 13.0. The lowest BCUT2D eigenvalue weighted by Crippen LogP contribution is -2.35. The van der Waals surface area contributed by atoms with Crippen LogP contribution in [-0.2, 0) is 6.42 Å². The molecule has 6 nitrogen and oxygen atoms in total. The number of amides is 1. The van der Waals surface area contributed by atoms with Crippen LogP contribution in [0.5, 0.6) is 17.2 Å². The predicted octanol–water partition coefficient (Wildman–Crippen LogP) is 2.67. The molecule has 1 aliphatic rings. The van der Waals surface area contributed by atoms with Crippen molar-refractivity contribution in [2.45, 2.75) is 12.5 Å². The van der Waals surface area contributed by atoms with Crippen molar-refractivity contribution >= 4 is 5.91 Å². The van der Waals surface area contributed by atoms with E-state index in [4.69, 9.17) is 14.2 Å². The number of methoxy groups -OCH3 is 2. The van der Waals surface area contributed by atoms with Crippen LogP contribution in [0.2, 0.25) is 0 Å². The third-order valence-electron chi connectivity index (χ3n) is 4.83. The molecule has 2 aromatic carbocycles. The van der Waals surface area contributed by atoms with Crippen LogP contribution in [0, 0.1) is 0 Å². The summed E-state index contributed by atoms with van der Waals surface area (Å²) in [4.78, 5) is 14.9. The Kier molecular flexibility index (Phi) is 5.86. The number of nitrogens with one attached hydrogen (secondary N) is 1. The molecule has 0 spiro atoms. The summed E-state index contributed by atoms with van der Waals surface area (Å²) >= 11 is 0. The number of nitrogens with zero attached hydrogens (tertiary/aromatic N) is 1. The van der Waals surface area contributed by atoms with Crippen LogP contribution in [0.15, 0.2) is 36.4 Å². The molecule has 144 valence electrons. The molecule has 0 saturated heterocycles. The number of benzene rings is 2. The summed E-state index contributed by atoms with van der Waals surface area (Å²) in [5.74, 6) is 1.71. The minimum atomic E-state index is -0.222.